The Bertz CT molecular complexity index is 642. The first kappa shape index (κ1) is 17.6. The van der Waals surface area contributed by atoms with Gasteiger partial charge in [-0.3, -0.25) is 4.79 Å². The summed E-state index contributed by atoms with van der Waals surface area (Å²) in [6.45, 7) is 2.01. The molecule has 0 unspecified atom stereocenters. The van der Waals surface area contributed by atoms with Crippen molar-refractivity contribution in [3.05, 3.63) is 40.0 Å². The molecule has 0 spiro atoms. The van der Waals surface area contributed by atoms with Crippen LogP contribution in [0.3, 0.4) is 0 Å². The van der Waals surface area contributed by atoms with Crippen molar-refractivity contribution in [3.8, 4) is 6.07 Å². The lowest BCUT2D eigenvalue weighted by Gasteiger charge is -2.31. The number of nitrogens with one attached hydrogen (secondary N) is 1. The van der Waals surface area contributed by atoms with Crippen LogP contribution >= 0.6 is 15.9 Å². The highest BCUT2D eigenvalue weighted by atomic mass is 79.9. The average Bonchev–Trinajstić information content (AvgIpc) is 2.57. The van der Waals surface area contributed by atoms with Gasteiger partial charge >= 0.3 is 0 Å². The molecule has 0 aliphatic heterocycles. The Labute approximate surface area is 146 Å². The zero-order chi connectivity index (χ0) is 16.8. The molecule has 0 bridgehead atoms. The van der Waals surface area contributed by atoms with Crippen molar-refractivity contribution in [3.63, 3.8) is 0 Å². The van der Waals surface area contributed by atoms with Crippen LogP contribution in [0.4, 0.5) is 5.69 Å². The van der Waals surface area contributed by atoms with Gasteiger partial charge in [-0.25, -0.2) is 0 Å². The van der Waals surface area contributed by atoms with Gasteiger partial charge in [-0.1, -0.05) is 25.3 Å². The van der Waals surface area contributed by atoms with Gasteiger partial charge in [-0.15, -0.1) is 0 Å². The first-order chi connectivity index (χ1) is 11.0. The molecule has 23 heavy (non-hydrogen) atoms. The standard InChI is InChI=1S/C18H22BrN3O/c1-13-8-9-17(16(19)10-13)21-12-14(11-20)18(23)22(2)15-6-4-3-5-7-15/h8-10,12,15,21H,3-7H2,1-2H3/b14-12-. The second-order valence-corrected chi connectivity index (χ2v) is 6.86. The number of hydrogen-bond donors (Lipinski definition) is 1. The summed E-state index contributed by atoms with van der Waals surface area (Å²) in [5, 5.41) is 12.4. The van der Waals surface area contributed by atoms with E-state index in [0.29, 0.717) is 0 Å². The number of anilines is 1. The van der Waals surface area contributed by atoms with Gasteiger partial charge in [0.15, 0.2) is 0 Å². The van der Waals surface area contributed by atoms with Gasteiger partial charge in [-0.2, -0.15) is 5.26 Å². The number of halogens is 1. The fourth-order valence-corrected chi connectivity index (χ4v) is 3.46. The molecule has 1 aliphatic carbocycles. The lowest BCUT2D eigenvalue weighted by molar-refractivity contribution is -0.128. The fourth-order valence-electron chi connectivity index (χ4n) is 2.85. The third-order valence-electron chi connectivity index (χ3n) is 4.29. The third kappa shape index (κ3) is 4.59. The number of likely N-dealkylation sites (N-methyl/N-ethyl adjacent to an activating group) is 1. The first-order valence-corrected chi connectivity index (χ1v) is 8.72. The molecular weight excluding hydrogens is 354 g/mol. The molecule has 0 aromatic heterocycles. The van der Waals surface area contributed by atoms with E-state index in [9.17, 15) is 10.1 Å². The molecule has 1 aromatic carbocycles. The molecule has 1 saturated carbocycles. The van der Waals surface area contributed by atoms with Gasteiger partial charge < -0.3 is 10.2 Å². The lowest BCUT2D eigenvalue weighted by atomic mass is 9.94. The first-order valence-electron chi connectivity index (χ1n) is 7.93. The monoisotopic (exact) mass is 375 g/mol. The summed E-state index contributed by atoms with van der Waals surface area (Å²) in [4.78, 5) is 14.2. The molecule has 4 nitrogen and oxygen atoms in total. The van der Waals surface area contributed by atoms with Crippen LogP contribution in [0.2, 0.25) is 0 Å². The van der Waals surface area contributed by atoms with Gasteiger partial charge in [0.2, 0.25) is 0 Å². The third-order valence-corrected chi connectivity index (χ3v) is 4.95. The molecule has 2 rings (SSSR count). The predicted molar refractivity (Wildman–Crippen MR) is 95.8 cm³/mol. The maximum Gasteiger partial charge on any atom is 0.266 e. The van der Waals surface area contributed by atoms with E-state index in [1.165, 1.54) is 12.6 Å². The Morgan fingerprint density at radius 2 is 2.09 bits per heavy atom. The molecule has 1 fully saturated rings. The average molecular weight is 376 g/mol. The van der Waals surface area contributed by atoms with Crippen molar-refractivity contribution in [2.45, 2.75) is 45.1 Å². The number of hydrogen-bond acceptors (Lipinski definition) is 3. The molecule has 1 aromatic rings. The Hall–Kier alpha value is -1.80. The molecule has 1 N–H and O–H groups in total. The second kappa shape index (κ2) is 8.16. The SMILES string of the molecule is Cc1ccc(N/C=C(/C#N)C(=O)N(C)C2CCCCC2)c(Br)c1. The van der Waals surface area contributed by atoms with E-state index in [-0.39, 0.29) is 17.5 Å². The summed E-state index contributed by atoms with van der Waals surface area (Å²) in [6, 6.07) is 8.14. The zero-order valence-electron chi connectivity index (χ0n) is 13.6. The molecule has 1 amide bonds. The van der Waals surface area contributed by atoms with Gasteiger partial charge in [0, 0.05) is 23.8 Å². The molecular formula is C18H22BrN3O. The van der Waals surface area contributed by atoms with Crippen LogP contribution in [0.15, 0.2) is 34.4 Å². The van der Waals surface area contributed by atoms with Crippen molar-refractivity contribution in [2.75, 3.05) is 12.4 Å². The number of amides is 1. The Kier molecular flexibility index (Phi) is 6.23. The van der Waals surface area contributed by atoms with E-state index in [1.807, 2.05) is 31.2 Å². The topological polar surface area (TPSA) is 56.1 Å². The van der Waals surface area contributed by atoms with Gasteiger partial charge in [-0.05, 0) is 53.4 Å². The van der Waals surface area contributed by atoms with Crippen LogP contribution in [0.25, 0.3) is 0 Å². The molecule has 0 atom stereocenters. The van der Waals surface area contributed by atoms with Crippen LogP contribution < -0.4 is 5.32 Å². The van der Waals surface area contributed by atoms with Crippen LogP contribution in [0.5, 0.6) is 0 Å². The molecule has 122 valence electrons. The van der Waals surface area contributed by atoms with Crippen molar-refractivity contribution in [2.24, 2.45) is 0 Å². The molecule has 0 heterocycles. The number of carbonyl (C=O) groups excluding carboxylic acids is 1. The summed E-state index contributed by atoms with van der Waals surface area (Å²) in [5.41, 5.74) is 2.10. The predicted octanol–water partition coefficient (Wildman–Crippen LogP) is 4.37. The summed E-state index contributed by atoms with van der Waals surface area (Å²) >= 11 is 3.48. The van der Waals surface area contributed by atoms with Crippen molar-refractivity contribution in [1.82, 2.24) is 4.90 Å². The van der Waals surface area contributed by atoms with Crippen molar-refractivity contribution in [1.29, 1.82) is 5.26 Å². The summed E-state index contributed by atoms with van der Waals surface area (Å²) in [5.74, 6) is -0.213. The quantitative estimate of drug-likeness (QED) is 0.627. The van der Waals surface area contributed by atoms with Crippen LogP contribution in [0, 0.1) is 18.3 Å². The summed E-state index contributed by atoms with van der Waals surface area (Å²) in [7, 11) is 1.80. The summed E-state index contributed by atoms with van der Waals surface area (Å²) in [6.07, 6.45) is 7.10. The lowest BCUT2D eigenvalue weighted by Crippen LogP contribution is -2.39. The maximum absolute atomic E-state index is 12.5. The largest absolute Gasteiger partial charge is 0.359 e. The highest BCUT2D eigenvalue weighted by Gasteiger charge is 2.24. The second-order valence-electron chi connectivity index (χ2n) is 6.01. The minimum absolute atomic E-state index is 0.130. The van der Waals surface area contributed by atoms with E-state index in [2.05, 4.69) is 21.2 Å². The van der Waals surface area contributed by atoms with E-state index in [0.717, 1.165) is 41.4 Å². The van der Waals surface area contributed by atoms with E-state index in [1.54, 1.807) is 11.9 Å². The Balaban J connectivity index is 2.08. The van der Waals surface area contributed by atoms with Crippen LogP contribution in [-0.4, -0.2) is 23.9 Å². The number of aryl methyl sites for hydroxylation is 1. The van der Waals surface area contributed by atoms with Crippen LogP contribution in [0.1, 0.15) is 37.7 Å². The number of benzene rings is 1. The number of rotatable bonds is 4. The van der Waals surface area contributed by atoms with E-state index >= 15 is 0 Å². The van der Waals surface area contributed by atoms with E-state index < -0.39 is 0 Å². The molecule has 0 radical (unpaired) electrons. The Morgan fingerprint density at radius 3 is 2.70 bits per heavy atom. The normalized spacial score (nSPS) is 15.8. The smallest absolute Gasteiger partial charge is 0.266 e. The minimum atomic E-state index is -0.213. The number of nitriles is 1. The highest BCUT2D eigenvalue weighted by molar-refractivity contribution is 9.10. The molecule has 5 heteroatoms. The van der Waals surface area contributed by atoms with Crippen molar-refractivity contribution < 1.29 is 4.79 Å². The molecule has 1 aliphatic rings. The fraction of sp³-hybridized carbons (Fsp3) is 0.444. The zero-order valence-corrected chi connectivity index (χ0v) is 15.2. The highest BCUT2D eigenvalue weighted by Crippen LogP contribution is 2.25. The van der Waals surface area contributed by atoms with Gasteiger partial charge in [0.25, 0.3) is 5.91 Å². The van der Waals surface area contributed by atoms with Crippen LogP contribution in [-0.2, 0) is 4.79 Å². The van der Waals surface area contributed by atoms with Crippen molar-refractivity contribution >= 4 is 27.5 Å². The number of nitrogens with zero attached hydrogens (tertiary/aromatic N) is 2. The van der Waals surface area contributed by atoms with Gasteiger partial charge in [0.05, 0.1) is 5.69 Å². The van der Waals surface area contributed by atoms with Gasteiger partial charge in [0.1, 0.15) is 11.6 Å². The molecule has 0 saturated heterocycles. The Morgan fingerprint density at radius 1 is 1.39 bits per heavy atom. The number of carbonyl (C=O) groups is 1. The van der Waals surface area contributed by atoms with E-state index in [4.69, 9.17) is 0 Å². The maximum atomic E-state index is 12.5. The summed E-state index contributed by atoms with van der Waals surface area (Å²) < 4.78 is 0.902. The minimum Gasteiger partial charge on any atom is -0.359 e.